The number of carbonyl (C=O) groups excluding carboxylic acids is 2. The van der Waals surface area contributed by atoms with E-state index in [0.717, 1.165) is 0 Å². The van der Waals surface area contributed by atoms with Crippen LogP contribution in [-0.2, 0) is 26.6 Å². The number of hydrogen-bond donors (Lipinski definition) is 1. The van der Waals surface area contributed by atoms with E-state index in [2.05, 4.69) is 4.72 Å². The van der Waals surface area contributed by atoms with E-state index in [1.54, 1.807) is 66.3 Å². The third-order valence-electron chi connectivity index (χ3n) is 4.52. The van der Waals surface area contributed by atoms with E-state index >= 15 is 0 Å². The van der Waals surface area contributed by atoms with Crippen molar-refractivity contribution in [2.45, 2.75) is 4.90 Å². The zero-order valence-electron chi connectivity index (χ0n) is 17.5. The Hall–Kier alpha value is -3.85. The zero-order chi connectivity index (χ0) is 23.1. The number of carbonyl (C=O) groups is 2. The van der Waals surface area contributed by atoms with Gasteiger partial charge in [-0.05, 0) is 60.2 Å². The van der Waals surface area contributed by atoms with E-state index in [9.17, 15) is 18.0 Å². The molecule has 0 atom stereocenters. The van der Waals surface area contributed by atoms with Crippen LogP contribution in [0.15, 0.2) is 77.8 Å². The fourth-order valence-electron chi connectivity index (χ4n) is 2.81. The Kier molecular flexibility index (Phi) is 7.11. The largest absolute Gasteiger partial charge is 0.497 e. The molecule has 3 aromatic rings. The van der Waals surface area contributed by atoms with Crippen LogP contribution in [0.5, 0.6) is 5.75 Å². The molecule has 166 valence electrons. The van der Waals surface area contributed by atoms with Crippen molar-refractivity contribution in [3.8, 4) is 5.75 Å². The number of anilines is 1. The molecule has 0 saturated heterocycles. The van der Waals surface area contributed by atoms with Gasteiger partial charge in [0.25, 0.3) is 10.0 Å². The lowest BCUT2D eigenvalue weighted by atomic mass is 10.2. The summed E-state index contributed by atoms with van der Waals surface area (Å²) in [5.41, 5.74) is 1.45. The second-order valence-corrected chi connectivity index (χ2v) is 8.45. The summed E-state index contributed by atoms with van der Waals surface area (Å²) < 4.78 is 39.2. The topological polar surface area (TPSA) is 104 Å². The van der Waals surface area contributed by atoms with Crippen molar-refractivity contribution in [3.63, 3.8) is 0 Å². The van der Waals surface area contributed by atoms with Gasteiger partial charge in [0, 0.05) is 25.0 Å². The van der Waals surface area contributed by atoms with Crippen LogP contribution >= 0.6 is 0 Å². The van der Waals surface area contributed by atoms with Crippen molar-refractivity contribution < 1.29 is 27.5 Å². The van der Waals surface area contributed by atoms with Crippen LogP contribution in [0, 0.1) is 0 Å². The second-order valence-electron chi connectivity index (χ2n) is 6.77. The number of ether oxygens (including phenoxy) is 2. The van der Waals surface area contributed by atoms with E-state index in [-0.39, 0.29) is 17.3 Å². The molecule has 2 aromatic carbocycles. The predicted octanol–water partition coefficient (Wildman–Crippen LogP) is 3.27. The minimum atomic E-state index is -3.77. The highest BCUT2D eigenvalue weighted by Gasteiger charge is 2.14. The van der Waals surface area contributed by atoms with Gasteiger partial charge in [0.1, 0.15) is 5.75 Å². The van der Waals surface area contributed by atoms with Crippen molar-refractivity contribution in [2.75, 3.05) is 18.4 Å². The van der Waals surface area contributed by atoms with Crippen LogP contribution in [0.3, 0.4) is 0 Å². The molecule has 0 saturated carbocycles. The number of aryl methyl sites for hydroxylation is 1. The Bertz CT molecular complexity index is 1230. The molecule has 0 aliphatic heterocycles. The molecule has 3 rings (SSSR count). The Morgan fingerprint density at radius 1 is 1.03 bits per heavy atom. The maximum atomic E-state index is 12.5. The van der Waals surface area contributed by atoms with E-state index in [1.807, 2.05) is 0 Å². The summed E-state index contributed by atoms with van der Waals surface area (Å²) in [6.45, 7) is -0.366. The molecule has 0 radical (unpaired) electrons. The summed E-state index contributed by atoms with van der Waals surface area (Å²) in [6.07, 6.45) is 4.38. The highest BCUT2D eigenvalue weighted by molar-refractivity contribution is 7.92. The SMILES string of the molecule is COc1ccc(NS(=O)(=O)c2ccc(/C=C/C(=O)OCC(=O)c3cccn3C)cc2)cc1. The first-order chi connectivity index (χ1) is 15.3. The number of ketones is 1. The van der Waals surface area contributed by atoms with Crippen LogP contribution < -0.4 is 9.46 Å². The highest BCUT2D eigenvalue weighted by atomic mass is 32.2. The molecule has 0 fully saturated rings. The number of esters is 1. The van der Waals surface area contributed by atoms with Crippen molar-refractivity contribution in [1.82, 2.24) is 4.57 Å². The first-order valence-electron chi connectivity index (χ1n) is 9.55. The number of hydrogen-bond acceptors (Lipinski definition) is 6. The Balaban J connectivity index is 1.57. The third kappa shape index (κ3) is 5.86. The molecule has 0 amide bonds. The Morgan fingerprint density at radius 2 is 1.72 bits per heavy atom. The molecule has 0 aliphatic carbocycles. The van der Waals surface area contributed by atoms with Gasteiger partial charge in [-0.15, -0.1) is 0 Å². The molecule has 0 bridgehead atoms. The number of aromatic nitrogens is 1. The molecular weight excluding hydrogens is 432 g/mol. The first-order valence-corrected chi connectivity index (χ1v) is 11.0. The van der Waals surface area contributed by atoms with Crippen LogP contribution in [0.1, 0.15) is 16.1 Å². The number of sulfonamides is 1. The lowest BCUT2D eigenvalue weighted by Crippen LogP contribution is -2.15. The Morgan fingerprint density at radius 3 is 2.31 bits per heavy atom. The number of nitrogens with zero attached hydrogens (tertiary/aromatic N) is 1. The molecule has 0 unspecified atom stereocenters. The molecule has 8 nitrogen and oxygen atoms in total. The van der Waals surface area contributed by atoms with Crippen LogP contribution in [0.25, 0.3) is 6.08 Å². The molecule has 9 heteroatoms. The summed E-state index contributed by atoms with van der Waals surface area (Å²) in [6, 6.07) is 15.8. The van der Waals surface area contributed by atoms with Crippen LogP contribution in [-0.4, -0.2) is 38.5 Å². The number of rotatable bonds is 9. The molecule has 1 aromatic heterocycles. The molecule has 32 heavy (non-hydrogen) atoms. The maximum absolute atomic E-state index is 12.5. The smallest absolute Gasteiger partial charge is 0.331 e. The summed E-state index contributed by atoms with van der Waals surface area (Å²) in [5.74, 6) is -0.365. The fourth-order valence-corrected chi connectivity index (χ4v) is 3.86. The summed E-state index contributed by atoms with van der Waals surface area (Å²) in [5, 5.41) is 0. The lowest BCUT2D eigenvalue weighted by molar-refractivity contribution is -0.136. The summed E-state index contributed by atoms with van der Waals surface area (Å²) in [4.78, 5) is 23.9. The van der Waals surface area contributed by atoms with Gasteiger partial charge in [0.05, 0.1) is 17.7 Å². The molecular formula is C23H22N2O6S. The van der Waals surface area contributed by atoms with Gasteiger partial charge in [0.15, 0.2) is 6.61 Å². The number of nitrogens with one attached hydrogen (secondary N) is 1. The van der Waals surface area contributed by atoms with Crippen LogP contribution in [0.2, 0.25) is 0 Å². The molecule has 1 heterocycles. The Labute approximate surface area is 186 Å². The van der Waals surface area contributed by atoms with Gasteiger partial charge in [0.2, 0.25) is 5.78 Å². The van der Waals surface area contributed by atoms with E-state index in [1.165, 1.54) is 31.4 Å². The molecule has 1 N–H and O–H groups in total. The fraction of sp³-hybridized carbons (Fsp3) is 0.130. The van der Waals surface area contributed by atoms with E-state index in [0.29, 0.717) is 22.7 Å². The number of methoxy groups -OCH3 is 1. The maximum Gasteiger partial charge on any atom is 0.331 e. The van der Waals surface area contributed by atoms with Gasteiger partial charge in [-0.3, -0.25) is 9.52 Å². The number of Topliss-reactive ketones (excluding diaryl/α,β-unsaturated/α-hetero) is 1. The monoisotopic (exact) mass is 454 g/mol. The minimum absolute atomic E-state index is 0.0706. The van der Waals surface area contributed by atoms with Gasteiger partial charge in [-0.25, -0.2) is 13.2 Å². The quantitative estimate of drug-likeness (QED) is 0.302. The highest BCUT2D eigenvalue weighted by Crippen LogP contribution is 2.20. The van der Waals surface area contributed by atoms with Gasteiger partial charge in [-0.1, -0.05) is 12.1 Å². The minimum Gasteiger partial charge on any atom is -0.497 e. The third-order valence-corrected chi connectivity index (χ3v) is 5.92. The van der Waals surface area contributed by atoms with E-state index in [4.69, 9.17) is 9.47 Å². The molecule has 0 spiro atoms. The average molecular weight is 455 g/mol. The lowest BCUT2D eigenvalue weighted by Gasteiger charge is -2.09. The predicted molar refractivity (Wildman–Crippen MR) is 120 cm³/mol. The van der Waals surface area contributed by atoms with E-state index < -0.39 is 16.0 Å². The summed E-state index contributed by atoms with van der Waals surface area (Å²) >= 11 is 0. The van der Waals surface area contributed by atoms with Crippen LogP contribution in [0.4, 0.5) is 5.69 Å². The van der Waals surface area contributed by atoms with Gasteiger partial charge >= 0.3 is 5.97 Å². The average Bonchev–Trinajstić information content (AvgIpc) is 3.22. The number of benzene rings is 2. The normalized spacial score (nSPS) is 11.3. The standard InChI is InChI=1S/C23H22N2O6S/c1-25-15-3-4-21(25)22(26)16-31-23(27)14-7-17-5-12-20(13-6-17)32(28,29)24-18-8-10-19(30-2)11-9-18/h3-15,24H,16H2,1-2H3/b14-7+. The summed E-state index contributed by atoms with van der Waals surface area (Å²) in [7, 11) is -0.516. The van der Waals surface area contributed by atoms with Gasteiger partial charge in [-0.2, -0.15) is 0 Å². The first kappa shape index (κ1) is 22.8. The van der Waals surface area contributed by atoms with Crippen molar-refractivity contribution >= 4 is 33.5 Å². The van der Waals surface area contributed by atoms with Crippen molar-refractivity contribution in [1.29, 1.82) is 0 Å². The zero-order valence-corrected chi connectivity index (χ0v) is 18.3. The second kappa shape index (κ2) is 9.97. The van der Waals surface area contributed by atoms with Crippen molar-refractivity contribution in [3.05, 3.63) is 84.2 Å². The molecule has 0 aliphatic rings. The van der Waals surface area contributed by atoms with Gasteiger partial charge < -0.3 is 14.0 Å². The van der Waals surface area contributed by atoms with Crippen molar-refractivity contribution in [2.24, 2.45) is 7.05 Å².